The molecule has 0 fully saturated rings. The normalized spacial score (nSPS) is 11.7. The number of guanidine groups is 1. The van der Waals surface area contributed by atoms with Crippen molar-refractivity contribution in [2.24, 2.45) is 16.6 Å². The monoisotopic (exact) mass is 267 g/mol. The van der Waals surface area contributed by atoms with Crippen LogP contribution in [0.4, 0.5) is 5.69 Å². The minimum absolute atomic E-state index is 0.464. The van der Waals surface area contributed by atoms with E-state index in [2.05, 4.69) is 48.4 Å². The molecule has 3 nitrogen and oxygen atoms in total. The molecule has 0 aromatic heterocycles. The van der Waals surface area contributed by atoms with Crippen molar-refractivity contribution in [3.05, 3.63) is 54.6 Å². The Hall–Kier alpha value is -2.29. The van der Waals surface area contributed by atoms with E-state index in [-0.39, 0.29) is 0 Å². The second-order valence-corrected chi connectivity index (χ2v) is 5.19. The van der Waals surface area contributed by atoms with Gasteiger partial charge >= 0.3 is 0 Å². The largest absolute Gasteiger partial charge is 0.370 e. The third-order valence-electron chi connectivity index (χ3n) is 2.89. The van der Waals surface area contributed by atoms with Crippen LogP contribution in [0.15, 0.2) is 59.6 Å². The third-order valence-corrected chi connectivity index (χ3v) is 2.89. The Morgan fingerprint density at radius 1 is 1.00 bits per heavy atom. The lowest BCUT2D eigenvalue weighted by Gasteiger charge is -2.08. The Labute approximate surface area is 120 Å². The molecular weight excluding hydrogens is 246 g/mol. The van der Waals surface area contributed by atoms with Gasteiger partial charge in [0.25, 0.3) is 0 Å². The fraction of sp³-hybridized carbons (Fsp3) is 0.235. The van der Waals surface area contributed by atoms with Gasteiger partial charge in [-0.25, -0.2) is 0 Å². The summed E-state index contributed by atoms with van der Waals surface area (Å²) in [5, 5.41) is 3.10. The number of hydrogen-bond donors (Lipinski definition) is 2. The summed E-state index contributed by atoms with van der Waals surface area (Å²) in [5.41, 5.74) is 9.19. The van der Waals surface area contributed by atoms with Crippen LogP contribution in [0.25, 0.3) is 11.1 Å². The van der Waals surface area contributed by atoms with Crippen molar-refractivity contribution in [1.82, 2.24) is 0 Å². The van der Waals surface area contributed by atoms with Gasteiger partial charge in [-0.3, -0.25) is 4.99 Å². The van der Waals surface area contributed by atoms with Crippen molar-refractivity contribution in [2.45, 2.75) is 13.8 Å². The average Bonchev–Trinajstić information content (AvgIpc) is 2.47. The highest BCUT2D eigenvalue weighted by Crippen LogP contribution is 2.20. The Balaban J connectivity index is 2.04. The first-order valence-electron chi connectivity index (χ1n) is 6.87. The zero-order valence-corrected chi connectivity index (χ0v) is 12.0. The van der Waals surface area contributed by atoms with E-state index in [0.717, 1.165) is 12.2 Å². The molecule has 0 heterocycles. The quantitative estimate of drug-likeness (QED) is 0.655. The van der Waals surface area contributed by atoms with Gasteiger partial charge in [0.2, 0.25) is 0 Å². The van der Waals surface area contributed by atoms with Gasteiger partial charge in [0.05, 0.1) is 0 Å². The molecule has 20 heavy (non-hydrogen) atoms. The maximum absolute atomic E-state index is 5.84. The number of nitrogens with zero attached hydrogens (tertiary/aromatic N) is 1. The van der Waals surface area contributed by atoms with Crippen LogP contribution in [0, 0.1) is 5.92 Å². The van der Waals surface area contributed by atoms with Crippen molar-refractivity contribution in [1.29, 1.82) is 0 Å². The Morgan fingerprint density at radius 2 is 1.60 bits per heavy atom. The van der Waals surface area contributed by atoms with E-state index in [1.54, 1.807) is 0 Å². The van der Waals surface area contributed by atoms with E-state index in [1.807, 2.05) is 30.3 Å². The highest BCUT2D eigenvalue weighted by molar-refractivity contribution is 5.92. The van der Waals surface area contributed by atoms with Crippen LogP contribution in [0.3, 0.4) is 0 Å². The standard InChI is InChI=1S/C17H21N3/c1-13(2)12-19-17(18)20-16-10-8-15(9-11-16)14-6-4-3-5-7-14/h3-11,13H,12H2,1-2H3,(H3,18,19,20). The fourth-order valence-electron chi connectivity index (χ4n) is 1.84. The fourth-order valence-corrected chi connectivity index (χ4v) is 1.84. The Bertz CT molecular complexity index is 557. The summed E-state index contributed by atoms with van der Waals surface area (Å²) in [5.74, 6) is 0.974. The lowest BCUT2D eigenvalue weighted by atomic mass is 10.1. The predicted molar refractivity (Wildman–Crippen MR) is 86.8 cm³/mol. The van der Waals surface area contributed by atoms with Gasteiger partial charge in [-0.05, 0) is 29.2 Å². The summed E-state index contributed by atoms with van der Waals surface area (Å²) in [6, 6.07) is 18.5. The molecule has 0 amide bonds. The van der Waals surface area contributed by atoms with Gasteiger partial charge in [0.15, 0.2) is 5.96 Å². The number of nitrogens with one attached hydrogen (secondary N) is 1. The van der Waals surface area contributed by atoms with E-state index in [9.17, 15) is 0 Å². The second kappa shape index (κ2) is 6.75. The minimum atomic E-state index is 0.464. The first-order chi connectivity index (χ1) is 9.65. The lowest BCUT2D eigenvalue weighted by molar-refractivity contribution is 0.665. The zero-order chi connectivity index (χ0) is 14.4. The molecule has 104 valence electrons. The molecule has 0 aliphatic carbocycles. The van der Waals surface area contributed by atoms with Gasteiger partial charge in [0, 0.05) is 12.2 Å². The van der Waals surface area contributed by atoms with E-state index in [0.29, 0.717) is 11.9 Å². The molecule has 0 aliphatic heterocycles. The lowest BCUT2D eigenvalue weighted by Crippen LogP contribution is -2.23. The summed E-state index contributed by atoms with van der Waals surface area (Å²) < 4.78 is 0. The summed E-state index contributed by atoms with van der Waals surface area (Å²) >= 11 is 0. The summed E-state index contributed by atoms with van der Waals surface area (Å²) in [6.07, 6.45) is 0. The van der Waals surface area contributed by atoms with Crippen LogP contribution < -0.4 is 11.1 Å². The van der Waals surface area contributed by atoms with Gasteiger partial charge in [-0.1, -0.05) is 56.3 Å². The van der Waals surface area contributed by atoms with E-state index < -0.39 is 0 Å². The van der Waals surface area contributed by atoms with E-state index in [1.165, 1.54) is 11.1 Å². The molecule has 0 saturated heterocycles. The first-order valence-corrected chi connectivity index (χ1v) is 6.87. The molecule has 2 aromatic rings. The third kappa shape index (κ3) is 4.12. The minimum Gasteiger partial charge on any atom is -0.370 e. The van der Waals surface area contributed by atoms with E-state index in [4.69, 9.17) is 5.73 Å². The second-order valence-electron chi connectivity index (χ2n) is 5.19. The van der Waals surface area contributed by atoms with Gasteiger partial charge in [-0.15, -0.1) is 0 Å². The van der Waals surface area contributed by atoms with Crippen LogP contribution >= 0.6 is 0 Å². The topological polar surface area (TPSA) is 50.4 Å². The summed E-state index contributed by atoms with van der Waals surface area (Å²) in [4.78, 5) is 4.28. The van der Waals surface area contributed by atoms with Crippen LogP contribution in [0.1, 0.15) is 13.8 Å². The smallest absolute Gasteiger partial charge is 0.193 e. The number of nitrogens with two attached hydrogens (primary N) is 1. The molecular formula is C17H21N3. The van der Waals surface area contributed by atoms with Crippen LogP contribution in [-0.4, -0.2) is 12.5 Å². The maximum Gasteiger partial charge on any atom is 0.193 e. The molecule has 0 unspecified atom stereocenters. The SMILES string of the molecule is CC(C)CN=C(N)Nc1ccc(-c2ccccc2)cc1. The molecule has 3 heteroatoms. The first kappa shape index (κ1) is 14.1. The molecule has 0 radical (unpaired) electrons. The van der Waals surface area contributed by atoms with Crippen molar-refractivity contribution in [3.63, 3.8) is 0 Å². The van der Waals surface area contributed by atoms with Crippen LogP contribution in [0.5, 0.6) is 0 Å². The average molecular weight is 267 g/mol. The van der Waals surface area contributed by atoms with Crippen molar-refractivity contribution in [3.8, 4) is 11.1 Å². The summed E-state index contributed by atoms with van der Waals surface area (Å²) in [6.45, 7) is 4.97. The van der Waals surface area contributed by atoms with Gasteiger partial charge in [0.1, 0.15) is 0 Å². The molecule has 0 saturated carbocycles. The number of rotatable bonds is 4. The molecule has 0 bridgehead atoms. The highest BCUT2D eigenvalue weighted by Gasteiger charge is 1.99. The molecule has 2 rings (SSSR count). The van der Waals surface area contributed by atoms with Crippen LogP contribution in [-0.2, 0) is 0 Å². The van der Waals surface area contributed by atoms with Gasteiger partial charge in [-0.2, -0.15) is 0 Å². The molecule has 0 atom stereocenters. The molecule has 0 spiro atoms. The Kier molecular flexibility index (Phi) is 4.77. The predicted octanol–water partition coefficient (Wildman–Crippen LogP) is 3.74. The molecule has 2 aromatic carbocycles. The number of benzene rings is 2. The van der Waals surface area contributed by atoms with Gasteiger partial charge < -0.3 is 11.1 Å². The van der Waals surface area contributed by atoms with Crippen LogP contribution in [0.2, 0.25) is 0 Å². The van der Waals surface area contributed by atoms with E-state index >= 15 is 0 Å². The van der Waals surface area contributed by atoms with Crippen molar-refractivity contribution in [2.75, 3.05) is 11.9 Å². The summed E-state index contributed by atoms with van der Waals surface area (Å²) in [7, 11) is 0. The Morgan fingerprint density at radius 3 is 2.20 bits per heavy atom. The maximum atomic E-state index is 5.84. The van der Waals surface area contributed by atoms with Crippen molar-refractivity contribution < 1.29 is 0 Å². The number of anilines is 1. The number of aliphatic imine (C=N–C) groups is 1. The van der Waals surface area contributed by atoms with Crippen molar-refractivity contribution >= 4 is 11.6 Å². The molecule has 0 aliphatic rings. The molecule has 3 N–H and O–H groups in total. The number of hydrogen-bond acceptors (Lipinski definition) is 1. The highest BCUT2D eigenvalue weighted by atomic mass is 15.1. The zero-order valence-electron chi connectivity index (χ0n) is 12.0.